The Hall–Kier alpha value is -1.33. The summed E-state index contributed by atoms with van der Waals surface area (Å²) in [6.45, 7) is 0. The third kappa shape index (κ3) is 3.61. The van der Waals surface area contributed by atoms with Crippen molar-refractivity contribution in [2.24, 2.45) is 5.84 Å². The first-order valence-corrected chi connectivity index (χ1v) is 6.79. The monoisotopic (exact) mass is 311 g/mol. The molecule has 0 spiro atoms. The Morgan fingerprint density at radius 2 is 2.05 bits per heavy atom. The predicted octanol–water partition coefficient (Wildman–Crippen LogP) is 3.14. The summed E-state index contributed by atoms with van der Waals surface area (Å²) in [4.78, 5) is 4.17. The van der Waals surface area contributed by atoms with Crippen LogP contribution in [-0.4, -0.2) is 12.1 Å². The number of nitrogens with one attached hydrogen (secondary N) is 1. The molecule has 106 valence electrons. The lowest BCUT2D eigenvalue weighted by molar-refractivity contribution is 0.397. The molecule has 0 radical (unpaired) electrons. The third-order valence-electron chi connectivity index (χ3n) is 2.99. The molecule has 6 heteroatoms. The smallest absolute Gasteiger partial charge is 0.212 e. The Kier molecular flexibility index (Phi) is 5.20. The van der Waals surface area contributed by atoms with Gasteiger partial charge in [-0.25, -0.2) is 4.98 Å². The maximum Gasteiger partial charge on any atom is 0.212 e. The molecule has 20 heavy (non-hydrogen) atoms. The van der Waals surface area contributed by atoms with Crippen LogP contribution in [0.2, 0.25) is 10.0 Å². The average molecular weight is 312 g/mol. The lowest BCUT2D eigenvalue weighted by Gasteiger charge is -2.17. The van der Waals surface area contributed by atoms with Gasteiger partial charge in [0.2, 0.25) is 5.88 Å². The number of nitrogens with two attached hydrogens (primary N) is 1. The number of nitrogens with zero attached hydrogens (tertiary/aromatic N) is 1. The molecule has 0 amide bonds. The molecule has 0 aliphatic rings. The summed E-state index contributed by atoms with van der Waals surface area (Å²) < 4.78 is 5.03. The largest absolute Gasteiger partial charge is 0.481 e. The van der Waals surface area contributed by atoms with Gasteiger partial charge in [-0.15, -0.1) is 0 Å². The van der Waals surface area contributed by atoms with Crippen molar-refractivity contribution >= 4 is 23.2 Å². The molecule has 1 aromatic carbocycles. The number of halogens is 2. The molecule has 2 rings (SSSR count). The van der Waals surface area contributed by atoms with Gasteiger partial charge in [-0.2, -0.15) is 0 Å². The molecule has 3 N–H and O–H groups in total. The first-order chi connectivity index (χ1) is 9.63. The maximum absolute atomic E-state index is 6.03. The van der Waals surface area contributed by atoms with Crippen molar-refractivity contribution in [3.8, 4) is 5.88 Å². The second-order valence-corrected chi connectivity index (χ2v) is 5.12. The van der Waals surface area contributed by atoms with Crippen molar-refractivity contribution < 1.29 is 4.74 Å². The Balaban J connectivity index is 2.16. The van der Waals surface area contributed by atoms with E-state index in [1.54, 1.807) is 19.4 Å². The van der Waals surface area contributed by atoms with Gasteiger partial charge in [-0.05, 0) is 29.7 Å². The van der Waals surface area contributed by atoms with E-state index >= 15 is 0 Å². The zero-order chi connectivity index (χ0) is 14.5. The number of hydrazine groups is 1. The molecule has 0 saturated carbocycles. The van der Waals surface area contributed by atoms with Crippen molar-refractivity contribution in [1.82, 2.24) is 10.4 Å². The quantitative estimate of drug-likeness (QED) is 0.658. The highest BCUT2D eigenvalue weighted by Gasteiger charge is 2.12. The van der Waals surface area contributed by atoms with Gasteiger partial charge in [0.25, 0.3) is 0 Å². The summed E-state index contributed by atoms with van der Waals surface area (Å²) in [5.74, 6) is 6.21. The molecule has 1 heterocycles. The highest BCUT2D eigenvalue weighted by molar-refractivity contribution is 6.42. The minimum absolute atomic E-state index is 0.0695. The second kappa shape index (κ2) is 6.90. The van der Waals surface area contributed by atoms with E-state index in [1.165, 1.54) is 0 Å². The zero-order valence-corrected chi connectivity index (χ0v) is 12.4. The number of hydrogen-bond acceptors (Lipinski definition) is 4. The molecule has 4 nitrogen and oxygen atoms in total. The van der Waals surface area contributed by atoms with E-state index in [0.717, 1.165) is 11.1 Å². The molecule has 1 unspecified atom stereocenters. The van der Waals surface area contributed by atoms with Crippen LogP contribution in [0.25, 0.3) is 0 Å². The van der Waals surface area contributed by atoms with E-state index in [-0.39, 0.29) is 6.04 Å². The molecule has 0 saturated heterocycles. The summed E-state index contributed by atoms with van der Waals surface area (Å²) in [5, 5.41) is 1.04. The van der Waals surface area contributed by atoms with Crippen LogP contribution in [0.15, 0.2) is 36.5 Å². The number of methoxy groups -OCH3 is 1. The molecule has 2 aromatic rings. The molecule has 0 aliphatic heterocycles. The fraction of sp³-hybridized carbons (Fsp3) is 0.214. The van der Waals surface area contributed by atoms with Crippen LogP contribution in [0.4, 0.5) is 0 Å². The van der Waals surface area contributed by atoms with Crippen molar-refractivity contribution in [2.75, 3.05) is 7.11 Å². The molecule has 0 fully saturated rings. The number of ether oxygens (including phenoxy) is 1. The molecule has 0 aliphatic carbocycles. The standard InChI is InChI=1S/C14H15Cl2N3O/c1-20-14-5-2-9(8-18-14)6-13(19-17)10-3-4-11(15)12(16)7-10/h2-5,7-8,13,19H,6,17H2,1H3. The van der Waals surface area contributed by atoms with Crippen molar-refractivity contribution in [3.05, 3.63) is 57.7 Å². The van der Waals surface area contributed by atoms with Crippen molar-refractivity contribution in [3.63, 3.8) is 0 Å². The van der Waals surface area contributed by atoms with Crippen LogP contribution >= 0.6 is 23.2 Å². The average Bonchev–Trinajstić information content (AvgIpc) is 2.48. The van der Waals surface area contributed by atoms with E-state index in [0.29, 0.717) is 22.3 Å². The van der Waals surface area contributed by atoms with Crippen LogP contribution in [0.1, 0.15) is 17.2 Å². The van der Waals surface area contributed by atoms with Crippen LogP contribution in [0.3, 0.4) is 0 Å². The van der Waals surface area contributed by atoms with E-state index in [4.69, 9.17) is 33.8 Å². The molecular weight excluding hydrogens is 297 g/mol. The summed E-state index contributed by atoms with van der Waals surface area (Å²) in [6, 6.07) is 9.17. The first-order valence-electron chi connectivity index (χ1n) is 6.04. The zero-order valence-electron chi connectivity index (χ0n) is 10.9. The summed E-state index contributed by atoms with van der Waals surface area (Å²) in [7, 11) is 1.59. The lowest BCUT2D eigenvalue weighted by atomic mass is 10.0. The van der Waals surface area contributed by atoms with E-state index in [2.05, 4.69) is 10.4 Å². The van der Waals surface area contributed by atoms with Gasteiger partial charge in [-0.3, -0.25) is 11.3 Å². The summed E-state index contributed by atoms with van der Waals surface area (Å²) in [5.41, 5.74) is 4.79. The summed E-state index contributed by atoms with van der Waals surface area (Å²) >= 11 is 11.9. The molecule has 1 atom stereocenters. The number of benzene rings is 1. The lowest BCUT2D eigenvalue weighted by Crippen LogP contribution is -2.29. The van der Waals surface area contributed by atoms with E-state index in [9.17, 15) is 0 Å². The Morgan fingerprint density at radius 3 is 2.60 bits per heavy atom. The Bertz CT molecular complexity index is 575. The van der Waals surface area contributed by atoms with Crippen LogP contribution in [0.5, 0.6) is 5.88 Å². The van der Waals surface area contributed by atoms with Gasteiger partial charge >= 0.3 is 0 Å². The van der Waals surface area contributed by atoms with Gasteiger partial charge in [-0.1, -0.05) is 35.3 Å². The second-order valence-electron chi connectivity index (χ2n) is 4.31. The Labute approximate surface area is 127 Å². The topological polar surface area (TPSA) is 60.2 Å². The van der Waals surface area contributed by atoms with Gasteiger partial charge in [0.15, 0.2) is 0 Å². The highest BCUT2D eigenvalue weighted by Crippen LogP contribution is 2.27. The maximum atomic E-state index is 6.03. The third-order valence-corrected chi connectivity index (χ3v) is 3.73. The number of aromatic nitrogens is 1. The van der Waals surface area contributed by atoms with Crippen molar-refractivity contribution in [2.45, 2.75) is 12.5 Å². The van der Waals surface area contributed by atoms with Crippen LogP contribution in [-0.2, 0) is 6.42 Å². The molecular formula is C14H15Cl2N3O. The summed E-state index contributed by atoms with van der Waals surface area (Å²) in [6.07, 6.45) is 2.45. The van der Waals surface area contributed by atoms with Crippen LogP contribution in [0, 0.1) is 0 Å². The van der Waals surface area contributed by atoms with Crippen LogP contribution < -0.4 is 16.0 Å². The van der Waals surface area contributed by atoms with Crippen molar-refractivity contribution in [1.29, 1.82) is 0 Å². The van der Waals surface area contributed by atoms with Gasteiger partial charge in [0.05, 0.1) is 23.2 Å². The molecule has 0 bridgehead atoms. The number of pyridine rings is 1. The predicted molar refractivity (Wildman–Crippen MR) is 81.0 cm³/mol. The molecule has 1 aromatic heterocycles. The van der Waals surface area contributed by atoms with E-state index < -0.39 is 0 Å². The number of hydrogen-bond donors (Lipinski definition) is 2. The minimum atomic E-state index is -0.0695. The minimum Gasteiger partial charge on any atom is -0.481 e. The van der Waals surface area contributed by atoms with Gasteiger partial charge in [0, 0.05) is 12.3 Å². The first kappa shape index (κ1) is 15.1. The fourth-order valence-electron chi connectivity index (χ4n) is 1.89. The van der Waals surface area contributed by atoms with Gasteiger partial charge in [0.1, 0.15) is 0 Å². The van der Waals surface area contributed by atoms with Gasteiger partial charge < -0.3 is 4.74 Å². The normalized spacial score (nSPS) is 12.2. The highest BCUT2D eigenvalue weighted by atomic mass is 35.5. The van der Waals surface area contributed by atoms with E-state index in [1.807, 2.05) is 24.3 Å². The Morgan fingerprint density at radius 1 is 1.25 bits per heavy atom. The fourth-order valence-corrected chi connectivity index (χ4v) is 2.20. The SMILES string of the molecule is COc1ccc(CC(NN)c2ccc(Cl)c(Cl)c2)cn1. The number of rotatable bonds is 5.